The first-order valence-corrected chi connectivity index (χ1v) is 13.2. The minimum absolute atomic E-state index is 0.382. The van der Waals surface area contributed by atoms with Gasteiger partial charge in [0.1, 0.15) is 11.6 Å². The molecule has 1 aromatic heterocycles. The van der Waals surface area contributed by atoms with E-state index in [0.29, 0.717) is 11.1 Å². The first-order chi connectivity index (χ1) is 18.2. The second-order valence-corrected chi connectivity index (χ2v) is 10.6. The molecule has 3 heteroatoms. The Morgan fingerprint density at radius 3 is 1.81 bits per heavy atom. The minimum Gasteiger partial charge on any atom is -0.382 e. The maximum atomic E-state index is 11.7. The monoisotopic (exact) mass is 482 g/mol. The summed E-state index contributed by atoms with van der Waals surface area (Å²) in [5, 5.41) is 11.7. The number of rotatable bonds is 6. The van der Waals surface area contributed by atoms with E-state index in [-0.39, 0.29) is 0 Å². The van der Waals surface area contributed by atoms with Crippen LogP contribution in [-0.4, -0.2) is 14.7 Å². The topological polar surface area (TPSA) is 38.0 Å². The van der Waals surface area contributed by atoms with Gasteiger partial charge in [0.05, 0.1) is 12.0 Å². The summed E-state index contributed by atoms with van der Waals surface area (Å²) in [6, 6.07) is 38.2. The largest absolute Gasteiger partial charge is 0.382 e. The number of aliphatic hydroxyl groups excluding tert-OH is 1. The zero-order valence-electron chi connectivity index (χ0n) is 20.8. The first-order valence-electron chi connectivity index (χ1n) is 13.2. The Bertz CT molecular complexity index is 1440. The number of imidazole rings is 1. The summed E-state index contributed by atoms with van der Waals surface area (Å²) in [7, 11) is 0. The number of fused-ring (bicyclic) bond motifs is 2. The van der Waals surface area contributed by atoms with E-state index in [2.05, 4.69) is 114 Å². The average molecular weight is 483 g/mol. The van der Waals surface area contributed by atoms with Gasteiger partial charge < -0.3 is 9.67 Å². The molecule has 5 aromatic rings. The Hall–Kier alpha value is -3.95. The summed E-state index contributed by atoms with van der Waals surface area (Å²) < 4.78 is 2.18. The van der Waals surface area contributed by atoms with Gasteiger partial charge in [-0.05, 0) is 64.5 Å². The Morgan fingerprint density at radius 1 is 0.703 bits per heavy atom. The highest BCUT2D eigenvalue weighted by molar-refractivity contribution is 5.52. The average Bonchev–Trinajstić information content (AvgIpc) is 3.42. The van der Waals surface area contributed by atoms with Gasteiger partial charge in [0.15, 0.2) is 0 Å². The summed E-state index contributed by atoms with van der Waals surface area (Å²) in [4.78, 5) is 4.83. The molecular weight excluding hydrogens is 452 g/mol. The number of nitrogens with zero attached hydrogens (tertiary/aromatic N) is 2. The van der Waals surface area contributed by atoms with Gasteiger partial charge in [-0.15, -0.1) is 0 Å². The van der Waals surface area contributed by atoms with Crippen LogP contribution in [0.1, 0.15) is 64.4 Å². The van der Waals surface area contributed by atoms with E-state index in [0.717, 1.165) is 28.7 Å². The molecule has 1 atom stereocenters. The van der Waals surface area contributed by atoms with Gasteiger partial charge in [-0.25, -0.2) is 4.98 Å². The van der Waals surface area contributed by atoms with E-state index >= 15 is 0 Å². The molecule has 1 saturated carbocycles. The molecule has 37 heavy (non-hydrogen) atoms. The van der Waals surface area contributed by atoms with Gasteiger partial charge in [0, 0.05) is 6.20 Å². The van der Waals surface area contributed by atoms with Crippen molar-refractivity contribution in [2.75, 3.05) is 0 Å². The third-order valence-electron chi connectivity index (χ3n) is 8.63. The van der Waals surface area contributed by atoms with Crippen LogP contribution in [-0.2, 0) is 17.4 Å². The lowest BCUT2D eigenvalue weighted by molar-refractivity contribution is 0.214. The fourth-order valence-electron chi connectivity index (χ4n) is 6.61. The summed E-state index contributed by atoms with van der Waals surface area (Å²) in [6.45, 7) is 0. The molecule has 0 amide bonds. The number of hydrogen-bond acceptors (Lipinski definition) is 2. The highest BCUT2D eigenvalue weighted by Crippen LogP contribution is 2.57. The van der Waals surface area contributed by atoms with Crippen LogP contribution in [0.2, 0.25) is 0 Å². The summed E-state index contributed by atoms with van der Waals surface area (Å²) in [5.74, 6) is 0. The Kier molecular flexibility index (Phi) is 5.16. The second kappa shape index (κ2) is 8.57. The molecule has 1 unspecified atom stereocenters. The zero-order valence-corrected chi connectivity index (χ0v) is 20.8. The van der Waals surface area contributed by atoms with Crippen molar-refractivity contribution < 1.29 is 5.11 Å². The predicted molar refractivity (Wildman–Crippen MR) is 147 cm³/mol. The number of benzene rings is 4. The molecule has 1 fully saturated rings. The fraction of sp³-hybridized carbons (Fsp3) is 0.206. The molecule has 0 aliphatic heterocycles. The van der Waals surface area contributed by atoms with Crippen LogP contribution in [0.25, 0.3) is 0 Å². The zero-order chi connectivity index (χ0) is 24.9. The molecule has 182 valence electrons. The third-order valence-corrected chi connectivity index (χ3v) is 8.63. The van der Waals surface area contributed by atoms with Crippen LogP contribution in [0.5, 0.6) is 0 Å². The van der Waals surface area contributed by atoms with E-state index in [4.69, 9.17) is 4.98 Å². The van der Waals surface area contributed by atoms with Crippen LogP contribution in [0.15, 0.2) is 122 Å². The fourth-order valence-corrected chi connectivity index (χ4v) is 6.61. The Labute approximate surface area is 218 Å². The number of hydrogen-bond donors (Lipinski definition) is 1. The summed E-state index contributed by atoms with van der Waals surface area (Å²) in [6.07, 6.45) is 7.98. The lowest BCUT2D eigenvalue weighted by Gasteiger charge is -2.37. The molecular formula is C34H30N2O. The van der Waals surface area contributed by atoms with Gasteiger partial charge in [0.25, 0.3) is 0 Å². The number of aliphatic hydroxyl groups is 1. The quantitative estimate of drug-likeness (QED) is 0.271. The molecule has 4 aromatic carbocycles. The van der Waals surface area contributed by atoms with E-state index < -0.39 is 11.6 Å². The summed E-state index contributed by atoms with van der Waals surface area (Å²) in [5.41, 5.74) is 7.65. The molecule has 3 nitrogen and oxygen atoms in total. The maximum absolute atomic E-state index is 11.7. The SMILES string of the molecule is OC(c1cn(C(c2ccccc2)(c2ccccc2)c2ccccc2)cn1)c1cccc2c1CCC21CC1. The Morgan fingerprint density at radius 2 is 1.27 bits per heavy atom. The molecule has 0 radical (unpaired) electrons. The van der Waals surface area contributed by atoms with Gasteiger partial charge in [-0.2, -0.15) is 0 Å². The van der Waals surface area contributed by atoms with Gasteiger partial charge in [0.2, 0.25) is 0 Å². The number of aromatic nitrogens is 2. The molecule has 7 rings (SSSR count). The molecule has 1 heterocycles. The molecule has 2 aliphatic carbocycles. The Balaban J connectivity index is 1.40. The van der Waals surface area contributed by atoms with Crippen molar-refractivity contribution in [1.82, 2.24) is 9.55 Å². The van der Waals surface area contributed by atoms with Crippen LogP contribution >= 0.6 is 0 Å². The maximum Gasteiger partial charge on any atom is 0.123 e. The van der Waals surface area contributed by atoms with Crippen molar-refractivity contribution >= 4 is 0 Å². The molecule has 0 bridgehead atoms. The van der Waals surface area contributed by atoms with Crippen molar-refractivity contribution in [2.45, 2.75) is 42.7 Å². The lowest BCUT2D eigenvalue weighted by Crippen LogP contribution is -2.37. The van der Waals surface area contributed by atoms with Gasteiger partial charge >= 0.3 is 0 Å². The van der Waals surface area contributed by atoms with Crippen LogP contribution in [0.3, 0.4) is 0 Å². The van der Waals surface area contributed by atoms with Crippen molar-refractivity contribution in [3.05, 3.63) is 161 Å². The van der Waals surface area contributed by atoms with E-state index in [1.807, 2.05) is 12.5 Å². The lowest BCUT2D eigenvalue weighted by atomic mass is 9.77. The van der Waals surface area contributed by atoms with Crippen LogP contribution in [0.4, 0.5) is 0 Å². The van der Waals surface area contributed by atoms with E-state index in [9.17, 15) is 5.11 Å². The first kappa shape index (κ1) is 22.3. The van der Waals surface area contributed by atoms with Crippen molar-refractivity contribution in [1.29, 1.82) is 0 Å². The molecule has 0 saturated heterocycles. The van der Waals surface area contributed by atoms with Crippen molar-refractivity contribution in [2.24, 2.45) is 0 Å². The molecule has 1 spiro atoms. The van der Waals surface area contributed by atoms with Crippen LogP contribution < -0.4 is 0 Å². The third kappa shape index (κ3) is 3.42. The summed E-state index contributed by atoms with van der Waals surface area (Å²) >= 11 is 0. The van der Waals surface area contributed by atoms with Crippen molar-refractivity contribution in [3.63, 3.8) is 0 Å². The molecule has 1 N–H and O–H groups in total. The van der Waals surface area contributed by atoms with E-state index in [1.165, 1.54) is 30.4 Å². The van der Waals surface area contributed by atoms with Gasteiger partial charge in [-0.1, -0.05) is 109 Å². The highest BCUT2D eigenvalue weighted by Gasteiger charge is 2.49. The minimum atomic E-state index is -0.759. The predicted octanol–water partition coefficient (Wildman–Crippen LogP) is 6.78. The van der Waals surface area contributed by atoms with Crippen molar-refractivity contribution in [3.8, 4) is 0 Å². The van der Waals surface area contributed by atoms with Crippen LogP contribution in [0, 0.1) is 0 Å². The molecule has 2 aliphatic rings. The standard InChI is InChI=1S/C34H30N2O/c37-32(29-17-10-18-30-28(29)19-20-33(30)21-22-33)31-23-36(24-35-31)34(25-11-4-1-5-12-25,26-13-6-2-7-14-26)27-15-8-3-9-16-27/h1-18,23-24,32,37H,19-22H2. The smallest absolute Gasteiger partial charge is 0.123 e. The normalized spacial score (nSPS) is 16.5. The highest BCUT2D eigenvalue weighted by atomic mass is 16.3. The van der Waals surface area contributed by atoms with E-state index in [1.54, 1.807) is 0 Å². The van der Waals surface area contributed by atoms with Gasteiger partial charge in [-0.3, -0.25) is 0 Å². The second-order valence-electron chi connectivity index (χ2n) is 10.6.